The predicted molar refractivity (Wildman–Crippen MR) is 65.9 cm³/mol. The van der Waals surface area contributed by atoms with Crippen LogP contribution in [0, 0.1) is 18.8 Å². The van der Waals surface area contributed by atoms with Gasteiger partial charge in [0.05, 0.1) is 13.0 Å². The molecule has 2 heterocycles. The van der Waals surface area contributed by atoms with Gasteiger partial charge < -0.3 is 9.64 Å². The van der Waals surface area contributed by atoms with E-state index in [0.717, 1.165) is 18.1 Å². The van der Waals surface area contributed by atoms with Gasteiger partial charge in [-0.05, 0) is 25.0 Å². The summed E-state index contributed by atoms with van der Waals surface area (Å²) >= 11 is 0. The molecule has 0 aliphatic carbocycles. The van der Waals surface area contributed by atoms with Gasteiger partial charge in [-0.2, -0.15) is 0 Å². The summed E-state index contributed by atoms with van der Waals surface area (Å²) < 4.78 is 4.83. The summed E-state index contributed by atoms with van der Waals surface area (Å²) in [6.45, 7) is 5.61. The van der Waals surface area contributed by atoms with E-state index in [-0.39, 0.29) is 11.9 Å². The van der Waals surface area contributed by atoms with Crippen LogP contribution in [0.1, 0.15) is 12.6 Å². The van der Waals surface area contributed by atoms with E-state index in [1.54, 1.807) is 0 Å². The van der Waals surface area contributed by atoms with Gasteiger partial charge in [-0.1, -0.05) is 13.0 Å². The summed E-state index contributed by atoms with van der Waals surface area (Å²) in [7, 11) is 1.45. The lowest BCUT2D eigenvalue weighted by molar-refractivity contribution is -0.145. The number of hydrogen-bond acceptors (Lipinski definition) is 4. The number of rotatable bonds is 2. The smallest absolute Gasteiger partial charge is 0.310 e. The van der Waals surface area contributed by atoms with E-state index in [9.17, 15) is 4.79 Å². The highest BCUT2D eigenvalue weighted by atomic mass is 16.5. The van der Waals surface area contributed by atoms with Crippen molar-refractivity contribution in [2.45, 2.75) is 13.8 Å². The van der Waals surface area contributed by atoms with Crippen molar-refractivity contribution in [1.29, 1.82) is 0 Å². The normalized spacial score (nSPS) is 23.8. The van der Waals surface area contributed by atoms with Crippen molar-refractivity contribution in [3.63, 3.8) is 0 Å². The molecule has 1 aromatic heterocycles. The van der Waals surface area contributed by atoms with E-state index in [1.807, 2.05) is 25.1 Å². The number of pyridine rings is 1. The monoisotopic (exact) mass is 234 g/mol. The first-order valence-corrected chi connectivity index (χ1v) is 5.88. The summed E-state index contributed by atoms with van der Waals surface area (Å²) in [4.78, 5) is 18.2. The zero-order valence-electron chi connectivity index (χ0n) is 10.5. The highest BCUT2D eigenvalue weighted by molar-refractivity contribution is 5.74. The second-order valence-electron chi connectivity index (χ2n) is 4.65. The zero-order valence-corrected chi connectivity index (χ0v) is 10.5. The fraction of sp³-hybridized carbons (Fsp3) is 0.538. The number of hydrogen-bond donors (Lipinski definition) is 0. The van der Waals surface area contributed by atoms with Crippen molar-refractivity contribution < 1.29 is 9.53 Å². The molecule has 4 nitrogen and oxygen atoms in total. The van der Waals surface area contributed by atoms with Crippen LogP contribution in [0.25, 0.3) is 0 Å². The Labute approximate surface area is 102 Å². The molecule has 92 valence electrons. The van der Waals surface area contributed by atoms with Crippen LogP contribution in [0.2, 0.25) is 0 Å². The molecule has 0 aromatic carbocycles. The first kappa shape index (κ1) is 11.9. The number of nitrogens with zero attached hydrogens (tertiary/aromatic N) is 2. The fourth-order valence-corrected chi connectivity index (χ4v) is 2.32. The van der Waals surface area contributed by atoms with Crippen LogP contribution >= 0.6 is 0 Å². The molecule has 0 radical (unpaired) electrons. The molecule has 4 heteroatoms. The standard InChI is InChI=1S/C13H18N2O2/c1-9-7-15(8-11(9)13(16)17-3)12-6-4-5-10(2)14-12/h4-6,9,11H,7-8H2,1-3H3. The summed E-state index contributed by atoms with van der Waals surface area (Å²) in [6, 6.07) is 5.95. The van der Waals surface area contributed by atoms with Crippen molar-refractivity contribution in [1.82, 2.24) is 4.98 Å². The lowest BCUT2D eigenvalue weighted by atomic mass is 9.99. The molecule has 2 atom stereocenters. The number of carbonyl (C=O) groups is 1. The van der Waals surface area contributed by atoms with Crippen LogP contribution in [0.5, 0.6) is 0 Å². The van der Waals surface area contributed by atoms with E-state index < -0.39 is 0 Å². The third-order valence-electron chi connectivity index (χ3n) is 3.31. The highest BCUT2D eigenvalue weighted by Crippen LogP contribution is 2.27. The maximum absolute atomic E-state index is 11.6. The number of anilines is 1. The Kier molecular flexibility index (Phi) is 3.31. The largest absolute Gasteiger partial charge is 0.469 e. The lowest BCUT2D eigenvalue weighted by Crippen LogP contribution is -2.24. The summed E-state index contributed by atoms with van der Waals surface area (Å²) in [5.41, 5.74) is 0.997. The third-order valence-corrected chi connectivity index (χ3v) is 3.31. The topological polar surface area (TPSA) is 42.4 Å². The number of methoxy groups -OCH3 is 1. The molecule has 0 spiro atoms. The van der Waals surface area contributed by atoms with Crippen LogP contribution in [0.4, 0.5) is 5.82 Å². The van der Waals surface area contributed by atoms with E-state index in [4.69, 9.17) is 4.74 Å². The van der Waals surface area contributed by atoms with Gasteiger partial charge in [-0.15, -0.1) is 0 Å². The Morgan fingerprint density at radius 3 is 2.88 bits per heavy atom. The van der Waals surface area contributed by atoms with Crippen LogP contribution in [-0.2, 0) is 9.53 Å². The first-order valence-electron chi connectivity index (χ1n) is 5.88. The van der Waals surface area contributed by atoms with Crippen LogP contribution in [0.3, 0.4) is 0 Å². The van der Waals surface area contributed by atoms with Gasteiger partial charge in [0.2, 0.25) is 0 Å². The van der Waals surface area contributed by atoms with E-state index in [1.165, 1.54) is 7.11 Å². The van der Waals surface area contributed by atoms with Crippen molar-refractivity contribution >= 4 is 11.8 Å². The van der Waals surface area contributed by atoms with Crippen molar-refractivity contribution in [2.24, 2.45) is 11.8 Å². The maximum Gasteiger partial charge on any atom is 0.310 e. The molecular weight excluding hydrogens is 216 g/mol. The molecule has 17 heavy (non-hydrogen) atoms. The van der Waals surface area contributed by atoms with Gasteiger partial charge in [0.25, 0.3) is 0 Å². The number of aryl methyl sites for hydroxylation is 1. The first-order chi connectivity index (χ1) is 8.11. The molecule has 1 aliphatic rings. The van der Waals surface area contributed by atoms with Crippen LogP contribution in [0.15, 0.2) is 18.2 Å². The van der Waals surface area contributed by atoms with Gasteiger partial charge in [0, 0.05) is 18.8 Å². The molecule has 0 bridgehead atoms. The Morgan fingerprint density at radius 2 is 2.24 bits per heavy atom. The Balaban J connectivity index is 2.13. The van der Waals surface area contributed by atoms with Gasteiger partial charge in [-0.3, -0.25) is 4.79 Å². The van der Waals surface area contributed by atoms with E-state index in [0.29, 0.717) is 12.5 Å². The predicted octanol–water partition coefficient (Wildman–Crippen LogP) is 1.64. The minimum Gasteiger partial charge on any atom is -0.469 e. The second kappa shape index (κ2) is 4.73. The molecule has 0 amide bonds. The minimum absolute atomic E-state index is 0.0395. The quantitative estimate of drug-likeness (QED) is 0.729. The number of aromatic nitrogens is 1. The minimum atomic E-state index is -0.118. The molecule has 2 unspecified atom stereocenters. The second-order valence-corrected chi connectivity index (χ2v) is 4.65. The molecular formula is C13H18N2O2. The highest BCUT2D eigenvalue weighted by Gasteiger charge is 2.36. The zero-order chi connectivity index (χ0) is 12.4. The number of esters is 1. The summed E-state index contributed by atoms with van der Waals surface area (Å²) in [6.07, 6.45) is 0. The SMILES string of the molecule is COC(=O)C1CN(c2cccc(C)n2)CC1C. The summed E-state index contributed by atoms with van der Waals surface area (Å²) in [5, 5.41) is 0. The molecule has 2 rings (SSSR count). The van der Waals surface area contributed by atoms with Gasteiger partial charge in [0.15, 0.2) is 0 Å². The maximum atomic E-state index is 11.6. The van der Waals surface area contributed by atoms with Crippen molar-refractivity contribution in [3.05, 3.63) is 23.9 Å². The average Bonchev–Trinajstić information content (AvgIpc) is 2.70. The van der Waals surface area contributed by atoms with Gasteiger partial charge in [0.1, 0.15) is 5.82 Å². The molecule has 1 aliphatic heterocycles. The Bertz CT molecular complexity index is 420. The molecule has 0 saturated carbocycles. The molecule has 1 aromatic rings. The average molecular weight is 234 g/mol. The third kappa shape index (κ3) is 2.40. The van der Waals surface area contributed by atoms with Crippen molar-refractivity contribution in [2.75, 3.05) is 25.1 Å². The fourth-order valence-electron chi connectivity index (χ4n) is 2.32. The van der Waals surface area contributed by atoms with Gasteiger partial charge in [-0.25, -0.2) is 4.98 Å². The summed E-state index contributed by atoms with van der Waals surface area (Å²) in [5.74, 6) is 1.10. The van der Waals surface area contributed by atoms with Gasteiger partial charge >= 0.3 is 5.97 Å². The Hall–Kier alpha value is -1.58. The van der Waals surface area contributed by atoms with Crippen LogP contribution in [-0.4, -0.2) is 31.2 Å². The lowest BCUT2D eigenvalue weighted by Gasteiger charge is -2.17. The number of carbonyl (C=O) groups excluding carboxylic acids is 1. The van der Waals surface area contributed by atoms with Crippen LogP contribution < -0.4 is 4.90 Å². The number of ether oxygens (including phenoxy) is 1. The molecule has 0 N–H and O–H groups in total. The molecule has 1 saturated heterocycles. The Morgan fingerprint density at radius 1 is 1.47 bits per heavy atom. The molecule has 1 fully saturated rings. The van der Waals surface area contributed by atoms with E-state index >= 15 is 0 Å². The van der Waals surface area contributed by atoms with Crippen molar-refractivity contribution in [3.8, 4) is 0 Å². The van der Waals surface area contributed by atoms with E-state index in [2.05, 4.69) is 16.8 Å².